The Labute approximate surface area is 207 Å². The van der Waals surface area contributed by atoms with Crippen LogP contribution >= 0.6 is 11.3 Å². The number of piperidine rings is 1. The van der Waals surface area contributed by atoms with Gasteiger partial charge in [-0.3, -0.25) is 9.89 Å². The fourth-order valence-electron chi connectivity index (χ4n) is 5.03. The first-order valence-electron chi connectivity index (χ1n) is 12.3. The lowest BCUT2D eigenvalue weighted by molar-refractivity contribution is 0.0478. The van der Waals surface area contributed by atoms with Crippen molar-refractivity contribution in [3.05, 3.63) is 41.7 Å². The maximum Gasteiger partial charge on any atom is 0.261 e. The van der Waals surface area contributed by atoms with Crippen molar-refractivity contribution >= 4 is 49.9 Å². The quantitative estimate of drug-likeness (QED) is 0.375. The maximum absolute atomic E-state index is 13.1. The number of carbonyl (C=O) groups is 1. The van der Waals surface area contributed by atoms with Crippen LogP contribution in [0, 0.1) is 5.92 Å². The van der Waals surface area contributed by atoms with Crippen LogP contribution in [0.25, 0.3) is 21.1 Å². The highest BCUT2D eigenvalue weighted by molar-refractivity contribution is 7.20. The van der Waals surface area contributed by atoms with Gasteiger partial charge in [-0.05, 0) is 55.9 Å². The summed E-state index contributed by atoms with van der Waals surface area (Å²) in [6.07, 6.45) is 7.64. The number of nitrogens with zero attached hydrogens (tertiary/aromatic N) is 4. The van der Waals surface area contributed by atoms with Gasteiger partial charge in [0.25, 0.3) is 5.91 Å². The summed E-state index contributed by atoms with van der Waals surface area (Å²) in [7, 11) is 0. The van der Waals surface area contributed by atoms with Crippen molar-refractivity contribution in [2.45, 2.75) is 31.7 Å². The zero-order valence-corrected chi connectivity index (χ0v) is 20.3. The van der Waals surface area contributed by atoms with Gasteiger partial charge in [0, 0.05) is 50.0 Å². The van der Waals surface area contributed by atoms with Crippen LogP contribution in [0.3, 0.4) is 0 Å². The van der Waals surface area contributed by atoms with Crippen molar-refractivity contribution in [1.29, 1.82) is 0 Å². The summed E-state index contributed by atoms with van der Waals surface area (Å²) in [5.41, 5.74) is 1.84. The van der Waals surface area contributed by atoms with E-state index in [1.807, 2.05) is 24.3 Å². The Morgan fingerprint density at radius 1 is 1.14 bits per heavy atom. The summed E-state index contributed by atoms with van der Waals surface area (Å²) in [5, 5.41) is 15.6. The molecule has 182 valence electrons. The number of hydrogen-bond donors (Lipinski definition) is 3. The van der Waals surface area contributed by atoms with Crippen LogP contribution in [0.4, 0.5) is 11.5 Å². The monoisotopic (exact) mass is 491 g/mol. The first-order chi connectivity index (χ1) is 17.2. The minimum atomic E-state index is -0.0271. The molecular formula is C25H29N7O2S. The average molecular weight is 492 g/mol. The second-order valence-electron chi connectivity index (χ2n) is 9.45. The second kappa shape index (κ2) is 9.88. The molecule has 4 aromatic rings. The Morgan fingerprint density at radius 3 is 2.86 bits per heavy atom. The third-order valence-corrected chi connectivity index (χ3v) is 8.08. The normalized spacial score (nSPS) is 18.3. The molecule has 0 spiro atoms. The number of hydrogen-bond acceptors (Lipinski definition) is 8. The molecule has 6 rings (SSSR count). The molecule has 1 aromatic carbocycles. The van der Waals surface area contributed by atoms with Crippen LogP contribution in [0.15, 0.2) is 36.8 Å². The van der Waals surface area contributed by atoms with E-state index in [9.17, 15) is 4.79 Å². The van der Waals surface area contributed by atoms with Crippen LogP contribution in [0.2, 0.25) is 0 Å². The summed E-state index contributed by atoms with van der Waals surface area (Å²) < 4.78 is 5.48. The molecule has 0 atom stereocenters. The number of benzene rings is 1. The third kappa shape index (κ3) is 5.00. The van der Waals surface area contributed by atoms with Gasteiger partial charge in [-0.15, -0.1) is 11.3 Å². The first kappa shape index (κ1) is 22.4. The standard InChI is InChI=1S/C25H29N7O2S/c33-24(30-18-3-7-32(8-4-18)14-16-5-9-34-10-6-16)22-12-20-23(26-15-27-25(20)35-22)29-19-2-1-17-13-28-31-21(17)11-19/h1-2,11-13,15-16,18H,3-10,14H2,(H,28,31)(H,30,33)(H,26,27,29). The third-order valence-electron chi connectivity index (χ3n) is 7.04. The number of aromatic amines is 1. The van der Waals surface area contributed by atoms with Crippen LogP contribution in [0.1, 0.15) is 35.4 Å². The van der Waals surface area contributed by atoms with E-state index in [-0.39, 0.29) is 11.9 Å². The number of fused-ring (bicyclic) bond motifs is 2. The predicted molar refractivity (Wildman–Crippen MR) is 137 cm³/mol. The maximum atomic E-state index is 13.1. The van der Waals surface area contributed by atoms with Gasteiger partial charge in [0.2, 0.25) is 0 Å². The fraction of sp³-hybridized carbons (Fsp3) is 0.440. The number of amides is 1. The van der Waals surface area contributed by atoms with Gasteiger partial charge in [-0.2, -0.15) is 5.10 Å². The Balaban J connectivity index is 1.09. The van der Waals surface area contributed by atoms with Crippen LogP contribution in [-0.4, -0.2) is 69.9 Å². The van der Waals surface area contributed by atoms with Crippen molar-refractivity contribution in [3.8, 4) is 0 Å². The first-order valence-corrected chi connectivity index (χ1v) is 13.1. The van der Waals surface area contributed by atoms with Gasteiger partial charge in [0.05, 0.1) is 22.0 Å². The molecule has 0 bridgehead atoms. The second-order valence-corrected chi connectivity index (χ2v) is 10.5. The van der Waals surface area contributed by atoms with Gasteiger partial charge < -0.3 is 20.3 Å². The van der Waals surface area contributed by atoms with Crippen LogP contribution < -0.4 is 10.6 Å². The van der Waals surface area contributed by atoms with E-state index in [2.05, 4.69) is 35.7 Å². The molecule has 2 aliphatic rings. The number of rotatable bonds is 6. The van der Waals surface area contributed by atoms with E-state index < -0.39 is 0 Å². The lowest BCUT2D eigenvalue weighted by Crippen LogP contribution is -2.46. The van der Waals surface area contributed by atoms with E-state index in [0.717, 1.165) is 78.4 Å². The Hall–Kier alpha value is -3.08. The molecule has 5 heterocycles. The summed E-state index contributed by atoms with van der Waals surface area (Å²) in [5.74, 6) is 1.41. The van der Waals surface area contributed by atoms with Crippen molar-refractivity contribution in [3.63, 3.8) is 0 Å². The Kier molecular flexibility index (Phi) is 6.32. The molecule has 10 heteroatoms. The number of carbonyl (C=O) groups excluding carboxylic acids is 1. The number of aromatic nitrogens is 4. The summed E-state index contributed by atoms with van der Waals surface area (Å²) >= 11 is 1.40. The zero-order valence-electron chi connectivity index (χ0n) is 19.5. The highest BCUT2D eigenvalue weighted by Crippen LogP contribution is 2.31. The van der Waals surface area contributed by atoms with Crippen LogP contribution in [0.5, 0.6) is 0 Å². The number of H-pyrrole nitrogens is 1. The van der Waals surface area contributed by atoms with Gasteiger partial charge >= 0.3 is 0 Å². The molecule has 2 saturated heterocycles. The summed E-state index contributed by atoms with van der Waals surface area (Å²) in [6.45, 7) is 5.02. The molecule has 2 fully saturated rings. The van der Waals surface area contributed by atoms with E-state index in [0.29, 0.717) is 10.7 Å². The van der Waals surface area contributed by atoms with E-state index in [1.54, 1.807) is 6.20 Å². The highest BCUT2D eigenvalue weighted by Gasteiger charge is 2.25. The van der Waals surface area contributed by atoms with E-state index in [4.69, 9.17) is 4.74 Å². The lowest BCUT2D eigenvalue weighted by Gasteiger charge is -2.35. The fourth-order valence-corrected chi connectivity index (χ4v) is 5.93. The molecule has 35 heavy (non-hydrogen) atoms. The summed E-state index contributed by atoms with van der Waals surface area (Å²) in [6, 6.07) is 8.09. The molecule has 0 saturated carbocycles. The molecule has 1 amide bonds. The van der Waals surface area contributed by atoms with Crippen LogP contribution in [-0.2, 0) is 4.74 Å². The van der Waals surface area contributed by atoms with E-state index >= 15 is 0 Å². The van der Waals surface area contributed by atoms with E-state index in [1.165, 1.54) is 30.5 Å². The van der Waals surface area contributed by atoms with Gasteiger partial charge in [-0.25, -0.2) is 9.97 Å². The number of likely N-dealkylation sites (tertiary alicyclic amines) is 1. The van der Waals surface area contributed by atoms with Crippen molar-refractivity contribution in [2.75, 3.05) is 38.2 Å². The van der Waals surface area contributed by atoms with Crippen molar-refractivity contribution in [2.24, 2.45) is 5.92 Å². The largest absolute Gasteiger partial charge is 0.381 e. The Morgan fingerprint density at radius 2 is 2.00 bits per heavy atom. The molecule has 2 aliphatic heterocycles. The molecule has 0 radical (unpaired) electrons. The summed E-state index contributed by atoms with van der Waals surface area (Å²) in [4.78, 5) is 25.9. The number of nitrogens with one attached hydrogen (secondary N) is 3. The molecule has 0 aliphatic carbocycles. The van der Waals surface area contributed by atoms with Gasteiger partial charge in [0.1, 0.15) is 17.0 Å². The molecule has 3 aromatic heterocycles. The molecule has 0 unspecified atom stereocenters. The SMILES string of the molecule is O=C(NC1CCN(CC2CCOCC2)CC1)c1cc2c(Nc3ccc4cn[nH]c4c3)ncnc2s1. The zero-order chi connectivity index (χ0) is 23.6. The molecule has 3 N–H and O–H groups in total. The predicted octanol–water partition coefficient (Wildman–Crippen LogP) is 3.93. The van der Waals surface area contributed by atoms with Crippen molar-refractivity contribution < 1.29 is 9.53 Å². The minimum absolute atomic E-state index is 0.0271. The number of thiophene rings is 1. The lowest BCUT2D eigenvalue weighted by atomic mass is 9.97. The number of ether oxygens (including phenoxy) is 1. The average Bonchev–Trinajstić information content (AvgIpc) is 3.53. The Bertz CT molecular complexity index is 1320. The highest BCUT2D eigenvalue weighted by atomic mass is 32.1. The minimum Gasteiger partial charge on any atom is -0.381 e. The molecule has 9 nitrogen and oxygen atoms in total. The van der Waals surface area contributed by atoms with Gasteiger partial charge in [0.15, 0.2) is 0 Å². The smallest absolute Gasteiger partial charge is 0.261 e. The van der Waals surface area contributed by atoms with Gasteiger partial charge in [-0.1, -0.05) is 0 Å². The number of anilines is 2. The topological polar surface area (TPSA) is 108 Å². The molecular weight excluding hydrogens is 462 g/mol. The van der Waals surface area contributed by atoms with Crippen molar-refractivity contribution in [1.82, 2.24) is 30.4 Å².